The lowest BCUT2D eigenvalue weighted by Crippen LogP contribution is -2.10. The van der Waals surface area contributed by atoms with Crippen molar-refractivity contribution in [2.45, 2.75) is 0 Å². The molecule has 0 amide bonds. The zero-order chi connectivity index (χ0) is 39.1. The smallest absolute Gasteiger partial charge is 0.0540 e. The Kier molecular flexibility index (Phi) is 8.56. The highest BCUT2D eigenvalue weighted by Crippen LogP contribution is 2.46. The lowest BCUT2D eigenvalue weighted by Gasteiger charge is -2.28. The van der Waals surface area contributed by atoms with Crippen LogP contribution in [0.25, 0.3) is 87.6 Å². The fourth-order valence-electron chi connectivity index (χ4n) is 9.02. The zero-order valence-corrected chi connectivity index (χ0v) is 32.5. The number of hydrogen-bond donors (Lipinski definition) is 0. The summed E-state index contributed by atoms with van der Waals surface area (Å²) in [5, 5.41) is 9.85. The minimum atomic E-state index is 1.10. The fourth-order valence-corrected chi connectivity index (χ4v) is 9.02. The Morgan fingerprint density at radius 2 is 0.712 bits per heavy atom. The van der Waals surface area contributed by atoms with Gasteiger partial charge < -0.3 is 4.90 Å². The molecule has 0 N–H and O–H groups in total. The molecule has 11 aromatic rings. The highest BCUT2D eigenvalue weighted by atomic mass is 15.1. The molecule has 0 atom stereocenters. The average molecular weight is 750 g/mol. The minimum Gasteiger partial charge on any atom is -0.310 e. The number of anilines is 3. The van der Waals surface area contributed by atoms with Crippen LogP contribution in [-0.2, 0) is 0 Å². The van der Waals surface area contributed by atoms with Gasteiger partial charge in [-0.25, -0.2) is 0 Å². The summed E-state index contributed by atoms with van der Waals surface area (Å²) < 4.78 is 0. The van der Waals surface area contributed by atoms with E-state index in [2.05, 4.69) is 241 Å². The van der Waals surface area contributed by atoms with E-state index in [-0.39, 0.29) is 0 Å². The van der Waals surface area contributed by atoms with Crippen molar-refractivity contribution in [3.8, 4) is 44.5 Å². The third kappa shape index (κ3) is 6.21. The predicted molar refractivity (Wildman–Crippen MR) is 253 cm³/mol. The predicted octanol–water partition coefficient (Wildman–Crippen LogP) is 16.4. The molecule has 0 aliphatic rings. The van der Waals surface area contributed by atoms with Crippen LogP contribution in [0.3, 0.4) is 0 Å². The minimum absolute atomic E-state index is 1.10. The van der Waals surface area contributed by atoms with Gasteiger partial charge in [-0.3, -0.25) is 0 Å². The van der Waals surface area contributed by atoms with Crippen LogP contribution >= 0.6 is 0 Å². The second kappa shape index (κ2) is 14.6. The Balaban J connectivity index is 1.11. The van der Waals surface area contributed by atoms with Crippen LogP contribution in [0.5, 0.6) is 0 Å². The summed E-state index contributed by atoms with van der Waals surface area (Å²) in [5.74, 6) is 0. The van der Waals surface area contributed by atoms with Crippen LogP contribution in [0.1, 0.15) is 0 Å². The van der Waals surface area contributed by atoms with Crippen molar-refractivity contribution in [1.82, 2.24) is 0 Å². The summed E-state index contributed by atoms with van der Waals surface area (Å²) in [6.45, 7) is 0. The summed E-state index contributed by atoms with van der Waals surface area (Å²) >= 11 is 0. The second-order valence-electron chi connectivity index (χ2n) is 15.3. The van der Waals surface area contributed by atoms with E-state index in [9.17, 15) is 0 Å². The molecule has 0 aliphatic heterocycles. The molecule has 0 fully saturated rings. The molecule has 276 valence electrons. The molecule has 0 radical (unpaired) electrons. The third-order valence-electron chi connectivity index (χ3n) is 11.8. The number of rotatable bonds is 7. The van der Waals surface area contributed by atoms with Crippen LogP contribution in [-0.4, -0.2) is 0 Å². The van der Waals surface area contributed by atoms with Gasteiger partial charge in [-0.1, -0.05) is 194 Å². The SMILES string of the molecule is c1ccc(-c2ccc3cc(N(c4cccc(-c5ccc6c(c5)c(-c5ccccc5)c(-c5ccccc5)c5ccccc56)c4)c4cccc5ccccc45)ccc3c2)cc1. The maximum Gasteiger partial charge on any atom is 0.0540 e. The van der Waals surface area contributed by atoms with Crippen molar-refractivity contribution in [1.29, 1.82) is 0 Å². The van der Waals surface area contributed by atoms with Crippen molar-refractivity contribution in [3.63, 3.8) is 0 Å². The first-order valence-electron chi connectivity index (χ1n) is 20.3. The summed E-state index contributed by atoms with van der Waals surface area (Å²) in [4.78, 5) is 2.42. The fraction of sp³-hybridized carbons (Fsp3) is 0. The summed E-state index contributed by atoms with van der Waals surface area (Å²) in [6, 6.07) is 86.3. The first-order chi connectivity index (χ1) is 29.3. The molecule has 0 saturated heterocycles. The van der Waals surface area contributed by atoms with Gasteiger partial charge in [0.25, 0.3) is 0 Å². The molecule has 0 spiro atoms. The van der Waals surface area contributed by atoms with E-state index in [1.807, 2.05) is 0 Å². The van der Waals surface area contributed by atoms with Crippen molar-refractivity contribution < 1.29 is 0 Å². The van der Waals surface area contributed by atoms with Gasteiger partial charge in [-0.15, -0.1) is 0 Å². The topological polar surface area (TPSA) is 3.24 Å². The van der Waals surface area contributed by atoms with Gasteiger partial charge in [-0.05, 0) is 125 Å². The Morgan fingerprint density at radius 1 is 0.220 bits per heavy atom. The molecule has 1 heteroatoms. The Hall–Kier alpha value is -7.74. The number of fused-ring (bicyclic) bond motifs is 5. The Labute approximate surface area is 344 Å². The average Bonchev–Trinajstić information content (AvgIpc) is 3.32. The number of nitrogens with zero attached hydrogens (tertiary/aromatic N) is 1. The van der Waals surface area contributed by atoms with Crippen LogP contribution in [0, 0.1) is 0 Å². The quantitative estimate of drug-likeness (QED) is 0.147. The van der Waals surface area contributed by atoms with Crippen LogP contribution in [0.15, 0.2) is 237 Å². The van der Waals surface area contributed by atoms with E-state index in [0.29, 0.717) is 0 Å². The van der Waals surface area contributed by atoms with E-state index in [1.165, 1.54) is 82.0 Å². The Bertz CT molecular complexity index is 3310. The van der Waals surface area contributed by atoms with Gasteiger partial charge in [0.15, 0.2) is 0 Å². The van der Waals surface area contributed by atoms with E-state index in [4.69, 9.17) is 0 Å². The molecular formula is C58H39N. The normalized spacial score (nSPS) is 11.4. The molecule has 0 saturated carbocycles. The Morgan fingerprint density at radius 3 is 1.47 bits per heavy atom. The van der Waals surface area contributed by atoms with Gasteiger partial charge in [0.1, 0.15) is 0 Å². The molecule has 0 aromatic heterocycles. The van der Waals surface area contributed by atoms with Gasteiger partial charge in [0.05, 0.1) is 5.69 Å². The van der Waals surface area contributed by atoms with E-state index < -0.39 is 0 Å². The third-order valence-corrected chi connectivity index (χ3v) is 11.8. The van der Waals surface area contributed by atoms with E-state index >= 15 is 0 Å². The molecule has 11 rings (SSSR count). The first kappa shape index (κ1) is 34.5. The number of hydrogen-bond acceptors (Lipinski definition) is 1. The standard InChI is InChI=1S/C58H39N/c1-4-16-40(17-5-1)45-30-31-47-38-50(34-32-46(47)36-45)59(56-29-15-23-41-18-10-11-26-51(41)56)49-25-14-24-44(37-49)48-33-35-53-52-27-12-13-28-54(52)57(42-19-6-2-7-20-42)58(55(53)39-48)43-21-8-3-9-22-43/h1-39H. The van der Waals surface area contributed by atoms with Gasteiger partial charge in [0.2, 0.25) is 0 Å². The van der Waals surface area contributed by atoms with E-state index in [1.54, 1.807) is 0 Å². The van der Waals surface area contributed by atoms with Gasteiger partial charge >= 0.3 is 0 Å². The van der Waals surface area contributed by atoms with Crippen molar-refractivity contribution >= 4 is 60.2 Å². The van der Waals surface area contributed by atoms with Gasteiger partial charge in [-0.2, -0.15) is 0 Å². The molecule has 0 heterocycles. The molecule has 11 aromatic carbocycles. The maximum absolute atomic E-state index is 2.42. The molecular weight excluding hydrogens is 711 g/mol. The second-order valence-corrected chi connectivity index (χ2v) is 15.3. The van der Waals surface area contributed by atoms with Crippen LogP contribution in [0.2, 0.25) is 0 Å². The lowest BCUT2D eigenvalue weighted by atomic mass is 9.84. The van der Waals surface area contributed by atoms with Gasteiger partial charge in [0, 0.05) is 16.8 Å². The monoisotopic (exact) mass is 749 g/mol. The first-order valence-corrected chi connectivity index (χ1v) is 20.3. The largest absolute Gasteiger partial charge is 0.310 e. The van der Waals surface area contributed by atoms with Crippen LogP contribution in [0.4, 0.5) is 17.1 Å². The summed E-state index contributed by atoms with van der Waals surface area (Å²) in [7, 11) is 0. The molecule has 1 nitrogen and oxygen atoms in total. The number of benzene rings is 11. The molecule has 59 heavy (non-hydrogen) atoms. The maximum atomic E-state index is 2.42. The molecule has 0 aliphatic carbocycles. The summed E-state index contributed by atoms with van der Waals surface area (Å²) in [5.41, 5.74) is 13.1. The highest BCUT2D eigenvalue weighted by Gasteiger charge is 2.20. The van der Waals surface area contributed by atoms with E-state index in [0.717, 1.165) is 22.6 Å². The highest BCUT2D eigenvalue weighted by molar-refractivity contribution is 6.22. The molecule has 0 unspecified atom stereocenters. The van der Waals surface area contributed by atoms with Crippen molar-refractivity contribution in [2.75, 3.05) is 4.90 Å². The lowest BCUT2D eigenvalue weighted by molar-refractivity contribution is 1.30. The van der Waals surface area contributed by atoms with Crippen molar-refractivity contribution in [2.24, 2.45) is 0 Å². The van der Waals surface area contributed by atoms with Crippen LogP contribution < -0.4 is 4.90 Å². The summed E-state index contributed by atoms with van der Waals surface area (Å²) in [6.07, 6.45) is 0. The van der Waals surface area contributed by atoms with Crippen molar-refractivity contribution in [3.05, 3.63) is 237 Å². The zero-order valence-electron chi connectivity index (χ0n) is 32.5. The molecule has 0 bridgehead atoms.